The molecule has 0 saturated heterocycles. The fraction of sp³-hybridized carbons (Fsp3) is 0.778. The molecule has 2 aliphatic carbocycles. The van der Waals surface area contributed by atoms with E-state index in [9.17, 15) is 9.59 Å². The molecular formula is C9H12O2. The second-order valence-corrected chi connectivity index (χ2v) is 4.18. The van der Waals surface area contributed by atoms with E-state index >= 15 is 0 Å². The first-order chi connectivity index (χ1) is 5.11. The Kier molecular flexibility index (Phi) is 1.23. The van der Waals surface area contributed by atoms with Crippen molar-refractivity contribution in [1.82, 2.24) is 0 Å². The number of fused-ring (bicyclic) bond motifs is 2. The summed E-state index contributed by atoms with van der Waals surface area (Å²) in [7, 11) is 0. The van der Waals surface area contributed by atoms with Gasteiger partial charge in [-0.1, -0.05) is 6.92 Å². The summed E-state index contributed by atoms with van der Waals surface area (Å²) in [6.45, 7) is 2.12. The number of Topliss-reactive ketones (excluding diaryl/α,β-unsaturated/α-hetero) is 2. The Hall–Kier alpha value is -0.660. The van der Waals surface area contributed by atoms with E-state index in [4.69, 9.17) is 0 Å². The lowest BCUT2D eigenvalue weighted by Gasteiger charge is -2.26. The molecule has 0 N–H and O–H groups in total. The van der Waals surface area contributed by atoms with Gasteiger partial charge in [0.15, 0.2) is 0 Å². The maximum atomic E-state index is 11.3. The summed E-state index contributed by atoms with van der Waals surface area (Å²) in [6.07, 6.45) is 3.02. The van der Waals surface area contributed by atoms with Crippen molar-refractivity contribution in [2.45, 2.75) is 32.6 Å². The molecule has 0 aromatic rings. The zero-order valence-electron chi connectivity index (χ0n) is 6.72. The van der Waals surface area contributed by atoms with Crippen LogP contribution in [0.2, 0.25) is 0 Å². The number of rotatable bonds is 0. The Morgan fingerprint density at radius 2 is 2.09 bits per heavy atom. The van der Waals surface area contributed by atoms with Crippen LogP contribution in [0.15, 0.2) is 0 Å². The largest absolute Gasteiger partial charge is 0.299 e. The fourth-order valence-electron chi connectivity index (χ4n) is 2.31. The molecule has 0 aromatic carbocycles. The summed E-state index contributed by atoms with van der Waals surface area (Å²) in [5.41, 5.74) is 0.176. The fourth-order valence-corrected chi connectivity index (χ4v) is 2.31. The van der Waals surface area contributed by atoms with Crippen LogP contribution < -0.4 is 0 Å². The second-order valence-electron chi connectivity index (χ2n) is 4.18. The van der Waals surface area contributed by atoms with E-state index in [1.165, 1.54) is 0 Å². The topological polar surface area (TPSA) is 34.1 Å². The average molecular weight is 152 g/mol. The maximum Gasteiger partial charge on any atom is 0.143 e. The standard InChI is InChI=1S/C9H12O2/c1-9-3-2-7(10)6(4-9)8(11)5-9/h6H,2-5H2,1H3. The van der Waals surface area contributed by atoms with Crippen LogP contribution in [-0.2, 0) is 9.59 Å². The van der Waals surface area contributed by atoms with Gasteiger partial charge in [-0.3, -0.25) is 9.59 Å². The lowest BCUT2D eigenvalue weighted by Crippen LogP contribution is -2.24. The third-order valence-electron chi connectivity index (χ3n) is 3.05. The second kappa shape index (κ2) is 1.93. The van der Waals surface area contributed by atoms with Crippen molar-refractivity contribution < 1.29 is 9.59 Å². The maximum absolute atomic E-state index is 11.3. The molecule has 2 atom stereocenters. The highest BCUT2D eigenvalue weighted by molar-refractivity contribution is 6.05. The van der Waals surface area contributed by atoms with Gasteiger partial charge in [-0.15, -0.1) is 0 Å². The van der Waals surface area contributed by atoms with E-state index in [1.54, 1.807) is 0 Å². The van der Waals surface area contributed by atoms with Crippen LogP contribution in [0.1, 0.15) is 32.6 Å². The molecule has 11 heavy (non-hydrogen) atoms. The molecule has 0 radical (unpaired) electrons. The minimum atomic E-state index is -0.214. The van der Waals surface area contributed by atoms with Gasteiger partial charge in [0.05, 0.1) is 5.92 Å². The molecule has 2 aliphatic rings. The highest BCUT2D eigenvalue weighted by Gasteiger charge is 2.47. The van der Waals surface area contributed by atoms with Gasteiger partial charge in [-0.05, 0) is 18.3 Å². The molecule has 60 valence electrons. The van der Waals surface area contributed by atoms with Gasteiger partial charge in [0, 0.05) is 12.8 Å². The number of ketones is 2. The van der Waals surface area contributed by atoms with E-state index in [1.807, 2.05) is 0 Å². The molecule has 0 aromatic heterocycles. The monoisotopic (exact) mass is 152 g/mol. The predicted octanol–water partition coefficient (Wildman–Crippen LogP) is 1.33. The van der Waals surface area contributed by atoms with Crippen LogP contribution in [-0.4, -0.2) is 11.6 Å². The van der Waals surface area contributed by atoms with Gasteiger partial charge >= 0.3 is 0 Å². The van der Waals surface area contributed by atoms with Crippen molar-refractivity contribution in [2.75, 3.05) is 0 Å². The molecule has 0 spiro atoms. The molecule has 0 aliphatic heterocycles. The van der Waals surface area contributed by atoms with E-state index in [0.29, 0.717) is 12.8 Å². The lowest BCUT2D eigenvalue weighted by molar-refractivity contribution is -0.131. The molecule has 2 bridgehead atoms. The molecule has 0 heterocycles. The Morgan fingerprint density at radius 3 is 2.73 bits per heavy atom. The van der Waals surface area contributed by atoms with Crippen molar-refractivity contribution in [3.8, 4) is 0 Å². The van der Waals surface area contributed by atoms with Crippen molar-refractivity contribution in [1.29, 1.82) is 0 Å². The van der Waals surface area contributed by atoms with Crippen LogP contribution in [0.4, 0.5) is 0 Å². The van der Waals surface area contributed by atoms with Gasteiger partial charge in [0.25, 0.3) is 0 Å². The SMILES string of the molecule is CC12CCC(=O)C(C1)C(=O)C2. The van der Waals surface area contributed by atoms with E-state index in [0.717, 1.165) is 12.8 Å². The summed E-state index contributed by atoms with van der Waals surface area (Å²) in [6, 6.07) is 0. The summed E-state index contributed by atoms with van der Waals surface area (Å²) in [4.78, 5) is 22.4. The third-order valence-corrected chi connectivity index (χ3v) is 3.05. The molecule has 0 amide bonds. The summed E-state index contributed by atoms with van der Waals surface area (Å²) >= 11 is 0. The molecule has 2 heteroatoms. The van der Waals surface area contributed by atoms with Gasteiger partial charge in [-0.2, -0.15) is 0 Å². The lowest BCUT2D eigenvalue weighted by atomic mass is 9.77. The van der Waals surface area contributed by atoms with E-state index in [2.05, 4.69) is 6.92 Å². The zero-order valence-corrected chi connectivity index (χ0v) is 6.72. The van der Waals surface area contributed by atoms with Crippen molar-refractivity contribution in [3.63, 3.8) is 0 Å². The number of carbonyl (C=O) groups is 2. The molecule has 2 unspecified atom stereocenters. The van der Waals surface area contributed by atoms with Crippen LogP contribution in [0.3, 0.4) is 0 Å². The minimum Gasteiger partial charge on any atom is -0.299 e. The quantitative estimate of drug-likeness (QED) is 0.491. The first-order valence-corrected chi connectivity index (χ1v) is 4.16. The summed E-state index contributed by atoms with van der Waals surface area (Å²) in [5.74, 6) is 0.161. The van der Waals surface area contributed by atoms with Gasteiger partial charge in [0.2, 0.25) is 0 Å². The van der Waals surface area contributed by atoms with Crippen LogP contribution in [0, 0.1) is 11.3 Å². The first kappa shape index (κ1) is 7.01. The van der Waals surface area contributed by atoms with Gasteiger partial charge < -0.3 is 0 Å². The van der Waals surface area contributed by atoms with Crippen LogP contribution >= 0.6 is 0 Å². The summed E-state index contributed by atoms with van der Waals surface area (Å²) < 4.78 is 0. The van der Waals surface area contributed by atoms with Crippen molar-refractivity contribution in [2.24, 2.45) is 11.3 Å². The third kappa shape index (κ3) is 0.924. The number of hydrogen-bond donors (Lipinski definition) is 0. The highest BCUT2D eigenvalue weighted by Crippen LogP contribution is 2.47. The van der Waals surface area contributed by atoms with Crippen LogP contribution in [0.5, 0.6) is 0 Å². The van der Waals surface area contributed by atoms with Crippen LogP contribution in [0.25, 0.3) is 0 Å². The van der Waals surface area contributed by atoms with Crippen molar-refractivity contribution >= 4 is 11.6 Å². The Labute approximate surface area is 66.0 Å². The highest BCUT2D eigenvalue weighted by atomic mass is 16.2. The average Bonchev–Trinajstić information content (AvgIpc) is 2.18. The van der Waals surface area contributed by atoms with E-state index < -0.39 is 0 Å². The van der Waals surface area contributed by atoms with Gasteiger partial charge in [-0.25, -0.2) is 0 Å². The molecule has 2 saturated carbocycles. The van der Waals surface area contributed by atoms with Gasteiger partial charge in [0.1, 0.15) is 11.6 Å². The molecule has 2 fully saturated rings. The summed E-state index contributed by atoms with van der Waals surface area (Å²) in [5, 5.41) is 0. The first-order valence-electron chi connectivity index (χ1n) is 4.16. The normalized spacial score (nSPS) is 43.2. The molecular weight excluding hydrogens is 140 g/mol. The molecule has 2 rings (SSSR count). The smallest absolute Gasteiger partial charge is 0.143 e. The van der Waals surface area contributed by atoms with Crippen molar-refractivity contribution in [3.05, 3.63) is 0 Å². The molecule has 2 nitrogen and oxygen atoms in total. The number of hydrogen-bond acceptors (Lipinski definition) is 2. The Bertz CT molecular complexity index is 232. The zero-order chi connectivity index (χ0) is 8.06. The Morgan fingerprint density at radius 1 is 1.36 bits per heavy atom. The minimum absolute atomic E-state index is 0.176. The Balaban J connectivity index is 2.31. The van der Waals surface area contributed by atoms with E-state index in [-0.39, 0.29) is 22.9 Å². The number of carbonyl (C=O) groups excluding carboxylic acids is 2. The predicted molar refractivity (Wildman–Crippen MR) is 40.1 cm³/mol.